The van der Waals surface area contributed by atoms with Gasteiger partial charge in [-0.05, 0) is 6.92 Å². The molecule has 7 heteroatoms. The average Bonchev–Trinajstić information content (AvgIpc) is 2.33. The van der Waals surface area contributed by atoms with Gasteiger partial charge in [-0.2, -0.15) is 0 Å². The van der Waals surface area contributed by atoms with Crippen molar-refractivity contribution in [1.82, 2.24) is 9.55 Å². The van der Waals surface area contributed by atoms with E-state index < -0.39 is 7.82 Å². The van der Waals surface area contributed by atoms with E-state index in [1.165, 1.54) is 0 Å². The highest BCUT2D eigenvalue weighted by Crippen LogP contribution is 2.25. The van der Waals surface area contributed by atoms with Crippen LogP contribution in [0.2, 0.25) is 0 Å². The zero-order valence-electron chi connectivity index (χ0n) is 6.53. The number of imidazole rings is 1. The molecule has 0 amide bonds. The van der Waals surface area contributed by atoms with E-state index in [9.17, 15) is 0 Å². The number of rotatable bonds is 1. The van der Waals surface area contributed by atoms with Gasteiger partial charge in [0.1, 0.15) is 0 Å². The van der Waals surface area contributed by atoms with Crippen LogP contribution in [0.5, 0.6) is 0 Å². The molecule has 0 aromatic carbocycles. The summed E-state index contributed by atoms with van der Waals surface area (Å²) >= 11 is 0. The smallest absolute Gasteiger partial charge is 0.338 e. The van der Waals surface area contributed by atoms with Gasteiger partial charge in [-0.15, -0.1) is 0 Å². The van der Waals surface area contributed by atoms with Crippen LogP contribution in [-0.4, -0.2) is 24.2 Å². The van der Waals surface area contributed by atoms with Gasteiger partial charge in [-0.25, -0.2) is 9.55 Å². The molecule has 12 heavy (non-hydrogen) atoms. The average molecular weight is 194 g/mol. The summed E-state index contributed by atoms with van der Waals surface area (Å²) in [6.45, 7) is 3.10. The van der Waals surface area contributed by atoms with E-state index in [0.717, 1.165) is 6.54 Å². The van der Waals surface area contributed by atoms with Crippen molar-refractivity contribution in [1.29, 1.82) is 0 Å². The minimum absolute atomic E-state index is 1.01. The molecule has 1 aromatic rings. The fourth-order valence-electron chi connectivity index (χ4n) is 0.474. The fourth-order valence-corrected chi connectivity index (χ4v) is 0.474. The van der Waals surface area contributed by atoms with Crippen LogP contribution >= 0.6 is 7.82 Å². The van der Waals surface area contributed by atoms with Gasteiger partial charge in [-0.3, -0.25) is 0 Å². The molecule has 0 saturated carbocycles. The molecule has 0 aliphatic carbocycles. The van der Waals surface area contributed by atoms with Crippen molar-refractivity contribution in [2.24, 2.45) is 0 Å². The maximum Gasteiger partial charge on any atom is 0.466 e. The van der Waals surface area contributed by atoms with Gasteiger partial charge in [0.05, 0.1) is 6.33 Å². The van der Waals surface area contributed by atoms with Crippen LogP contribution in [0.15, 0.2) is 18.7 Å². The van der Waals surface area contributed by atoms with E-state index in [1.54, 1.807) is 12.5 Å². The minimum Gasteiger partial charge on any atom is -0.338 e. The van der Waals surface area contributed by atoms with Crippen LogP contribution in [0.1, 0.15) is 6.92 Å². The summed E-state index contributed by atoms with van der Waals surface area (Å²) in [5.41, 5.74) is 0. The first-order valence-corrected chi connectivity index (χ1v) is 4.74. The lowest BCUT2D eigenvalue weighted by Crippen LogP contribution is -1.85. The number of aryl methyl sites for hydroxylation is 1. The van der Waals surface area contributed by atoms with Crippen molar-refractivity contribution in [3.63, 3.8) is 0 Å². The molecule has 1 heterocycles. The van der Waals surface area contributed by atoms with Gasteiger partial charge in [0, 0.05) is 18.9 Å². The molecule has 70 valence electrons. The zero-order chi connectivity index (χ0) is 9.61. The van der Waals surface area contributed by atoms with E-state index in [2.05, 4.69) is 11.9 Å². The molecule has 0 atom stereocenters. The molecule has 0 unspecified atom stereocenters. The number of nitrogens with zero attached hydrogens (tertiary/aromatic N) is 2. The maximum absolute atomic E-state index is 8.88. The Morgan fingerprint density at radius 1 is 1.50 bits per heavy atom. The van der Waals surface area contributed by atoms with Gasteiger partial charge in [-0.1, -0.05) is 0 Å². The fraction of sp³-hybridized carbons (Fsp3) is 0.400. The second kappa shape index (κ2) is 5.05. The molecule has 0 fully saturated rings. The van der Waals surface area contributed by atoms with Crippen LogP contribution in [0.4, 0.5) is 0 Å². The third kappa shape index (κ3) is 9.32. The maximum atomic E-state index is 8.88. The largest absolute Gasteiger partial charge is 0.466 e. The Bertz CT molecular complexity index is 234. The third-order valence-corrected chi connectivity index (χ3v) is 0.924. The molecule has 6 nitrogen and oxygen atoms in total. The lowest BCUT2D eigenvalue weighted by molar-refractivity contribution is 0.275. The monoisotopic (exact) mass is 194 g/mol. The SMILES string of the molecule is CCn1ccnc1.O=P(O)(O)O. The molecule has 0 radical (unpaired) electrons. The van der Waals surface area contributed by atoms with Crippen LogP contribution < -0.4 is 0 Å². The Hall–Kier alpha value is -0.680. The number of hydrogen-bond acceptors (Lipinski definition) is 2. The normalized spacial score (nSPS) is 10.3. The second-order valence-electron chi connectivity index (χ2n) is 1.91. The summed E-state index contributed by atoms with van der Waals surface area (Å²) in [4.78, 5) is 25.4. The number of hydrogen-bond donors (Lipinski definition) is 3. The van der Waals surface area contributed by atoms with E-state index in [0.29, 0.717) is 0 Å². The van der Waals surface area contributed by atoms with Crippen LogP contribution in [-0.2, 0) is 11.1 Å². The predicted molar refractivity (Wildman–Crippen MR) is 42.2 cm³/mol. The highest BCUT2D eigenvalue weighted by molar-refractivity contribution is 7.45. The summed E-state index contributed by atoms with van der Waals surface area (Å²) in [6, 6.07) is 0. The quantitative estimate of drug-likeness (QED) is 0.546. The summed E-state index contributed by atoms with van der Waals surface area (Å²) in [5, 5.41) is 0. The number of aromatic nitrogens is 2. The van der Waals surface area contributed by atoms with E-state index in [4.69, 9.17) is 19.2 Å². The molecule has 0 bridgehead atoms. The highest BCUT2D eigenvalue weighted by atomic mass is 31.2. The third-order valence-electron chi connectivity index (χ3n) is 0.924. The van der Waals surface area contributed by atoms with Crippen LogP contribution in [0.3, 0.4) is 0 Å². The van der Waals surface area contributed by atoms with Crippen LogP contribution in [0, 0.1) is 0 Å². The molecule has 1 rings (SSSR count). The molecular weight excluding hydrogens is 183 g/mol. The Morgan fingerprint density at radius 2 is 2.00 bits per heavy atom. The van der Waals surface area contributed by atoms with Crippen molar-refractivity contribution in [3.05, 3.63) is 18.7 Å². The lowest BCUT2D eigenvalue weighted by Gasteiger charge is -1.87. The topological polar surface area (TPSA) is 95.6 Å². The van der Waals surface area contributed by atoms with E-state index in [1.807, 2.05) is 10.8 Å². The first-order valence-electron chi connectivity index (χ1n) is 3.17. The molecule has 3 N–H and O–H groups in total. The summed E-state index contributed by atoms with van der Waals surface area (Å²) < 4.78 is 10.9. The summed E-state index contributed by atoms with van der Waals surface area (Å²) in [6.07, 6.45) is 5.53. The second-order valence-corrected chi connectivity index (χ2v) is 2.93. The molecule has 0 aliphatic heterocycles. The van der Waals surface area contributed by atoms with Crippen molar-refractivity contribution in [2.75, 3.05) is 0 Å². The standard InChI is InChI=1S/C5H8N2.H3O4P/c1-2-7-4-3-6-5-7;1-5(2,3)4/h3-5H,2H2,1H3;(H3,1,2,3,4). The van der Waals surface area contributed by atoms with Crippen molar-refractivity contribution >= 4 is 7.82 Å². The summed E-state index contributed by atoms with van der Waals surface area (Å²) in [5.74, 6) is 0. The van der Waals surface area contributed by atoms with E-state index in [-0.39, 0.29) is 0 Å². The zero-order valence-corrected chi connectivity index (χ0v) is 7.43. The van der Waals surface area contributed by atoms with Gasteiger partial charge < -0.3 is 19.2 Å². The van der Waals surface area contributed by atoms with Crippen LogP contribution in [0.25, 0.3) is 0 Å². The van der Waals surface area contributed by atoms with Gasteiger partial charge in [0.25, 0.3) is 0 Å². The number of phosphoric acid groups is 1. The van der Waals surface area contributed by atoms with E-state index >= 15 is 0 Å². The lowest BCUT2D eigenvalue weighted by atomic mass is 10.7. The Balaban J connectivity index is 0.000000217. The molecule has 0 saturated heterocycles. The van der Waals surface area contributed by atoms with Crippen molar-refractivity contribution in [2.45, 2.75) is 13.5 Å². The van der Waals surface area contributed by atoms with Crippen molar-refractivity contribution < 1.29 is 19.2 Å². The Morgan fingerprint density at radius 3 is 2.17 bits per heavy atom. The first kappa shape index (κ1) is 11.3. The Labute approximate surface area is 69.7 Å². The molecule has 0 aliphatic rings. The minimum atomic E-state index is -4.64. The van der Waals surface area contributed by atoms with Crippen molar-refractivity contribution in [3.8, 4) is 0 Å². The van der Waals surface area contributed by atoms with Gasteiger partial charge in [0.2, 0.25) is 0 Å². The predicted octanol–water partition coefficient (Wildman–Crippen LogP) is -0.0256. The highest BCUT2D eigenvalue weighted by Gasteiger charge is 2.00. The van der Waals surface area contributed by atoms with Gasteiger partial charge >= 0.3 is 7.82 Å². The molecular formula is C5H11N2O4P. The Kier molecular flexibility index (Phi) is 4.77. The van der Waals surface area contributed by atoms with Gasteiger partial charge in [0.15, 0.2) is 0 Å². The first-order chi connectivity index (χ1) is 5.43. The molecule has 0 spiro atoms. The molecule has 1 aromatic heterocycles. The summed E-state index contributed by atoms with van der Waals surface area (Å²) in [7, 11) is -4.64.